The molecule has 0 saturated heterocycles. The summed E-state index contributed by atoms with van der Waals surface area (Å²) < 4.78 is 1.77. The Labute approximate surface area is 95.3 Å². The van der Waals surface area contributed by atoms with E-state index >= 15 is 0 Å². The topological polar surface area (TPSA) is 60.0 Å². The molecule has 1 heterocycles. The van der Waals surface area contributed by atoms with Crippen LogP contribution in [0.1, 0.15) is 19.2 Å². The van der Waals surface area contributed by atoms with Crippen molar-refractivity contribution in [1.29, 1.82) is 0 Å². The largest absolute Gasteiger partial charge is 0.393 e. The monoisotopic (exact) mass is 227 g/mol. The molecule has 0 aliphatic carbocycles. The number of nitrogens with two attached hydrogens (primary N) is 1. The molecule has 0 amide bonds. The smallest absolute Gasteiger partial charge is 0.140 e. The van der Waals surface area contributed by atoms with Gasteiger partial charge in [0, 0.05) is 19.5 Å². The van der Waals surface area contributed by atoms with E-state index in [0.717, 1.165) is 18.8 Å². The number of hydrogen-bond donors (Lipinski definition) is 1. The van der Waals surface area contributed by atoms with E-state index in [-0.39, 0.29) is 0 Å². The van der Waals surface area contributed by atoms with Gasteiger partial charge in [-0.2, -0.15) is 5.10 Å². The number of rotatable bonds is 5. The average molecular weight is 227 g/mol. The van der Waals surface area contributed by atoms with E-state index in [0.29, 0.717) is 11.0 Å². The molecular weight excluding hydrogens is 210 g/mol. The lowest BCUT2D eigenvalue weighted by atomic mass is 10.2. The Morgan fingerprint density at radius 2 is 2.40 bits per heavy atom. The average Bonchev–Trinajstić information content (AvgIpc) is 2.50. The molecule has 1 aromatic heterocycles. The summed E-state index contributed by atoms with van der Waals surface area (Å²) in [6, 6.07) is 0.319. The molecule has 1 unspecified atom stereocenters. The first kappa shape index (κ1) is 12.1. The number of nitrogens with zero attached hydrogens (tertiary/aromatic N) is 4. The van der Waals surface area contributed by atoms with Crippen molar-refractivity contribution in [3.8, 4) is 0 Å². The van der Waals surface area contributed by atoms with Crippen LogP contribution in [0.15, 0.2) is 6.33 Å². The molecule has 1 rings (SSSR count). The van der Waals surface area contributed by atoms with Gasteiger partial charge in [0.05, 0.1) is 11.5 Å². The van der Waals surface area contributed by atoms with E-state index in [1.165, 1.54) is 0 Å². The van der Waals surface area contributed by atoms with Crippen LogP contribution in [0.25, 0.3) is 0 Å². The van der Waals surface area contributed by atoms with E-state index in [9.17, 15) is 0 Å². The van der Waals surface area contributed by atoms with Gasteiger partial charge in [0.25, 0.3) is 0 Å². The maximum Gasteiger partial charge on any atom is 0.140 e. The van der Waals surface area contributed by atoms with E-state index in [1.54, 1.807) is 11.0 Å². The quantitative estimate of drug-likeness (QED) is 0.734. The Morgan fingerprint density at radius 3 is 2.87 bits per heavy atom. The third-order valence-corrected chi connectivity index (χ3v) is 2.61. The minimum absolute atomic E-state index is 0.319. The lowest BCUT2D eigenvalue weighted by molar-refractivity contribution is 0.245. The van der Waals surface area contributed by atoms with Crippen molar-refractivity contribution in [2.75, 3.05) is 7.05 Å². The zero-order valence-corrected chi connectivity index (χ0v) is 10.2. The van der Waals surface area contributed by atoms with Gasteiger partial charge in [-0.1, -0.05) is 12.2 Å². The van der Waals surface area contributed by atoms with Crippen molar-refractivity contribution in [3.63, 3.8) is 0 Å². The fourth-order valence-corrected chi connectivity index (χ4v) is 1.53. The summed E-state index contributed by atoms with van der Waals surface area (Å²) in [5.74, 6) is 0.937. The normalized spacial score (nSPS) is 13.1. The molecule has 0 aliphatic rings. The van der Waals surface area contributed by atoms with Gasteiger partial charge in [-0.15, -0.1) is 0 Å². The Bertz CT molecular complexity index is 335. The lowest BCUT2D eigenvalue weighted by Gasteiger charge is -2.23. The standard InChI is InChI=1S/C9H17N5S/c1-7(4-8(10)15)13(2)5-9-11-6-12-14(9)3/h6-7H,4-5H2,1-3H3,(H2,10,15). The second-order valence-corrected chi connectivity index (χ2v) is 4.26. The van der Waals surface area contributed by atoms with Crippen LogP contribution in [0.5, 0.6) is 0 Å². The highest BCUT2D eigenvalue weighted by molar-refractivity contribution is 7.80. The van der Waals surface area contributed by atoms with E-state index in [1.807, 2.05) is 14.1 Å². The molecule has 2 N–H and O–H groups in total. The molecule has 0 saturated carbocycles. The van der Waals surface area contributed by atoms with Crippen LogP contribution in [-0.4, -0.2) is 37.7 Å². The summed E-state index contributed by atoms with van der Waals surface area (Å²) >= 11 is 4.88. The van der Waals surface area contributed by atoms with Crippen LogP contribution >= 0.6 is 12.2 Å². The molecule has 15 heavy (non-hydrogen) atoms. The molecule has 5 nitrogen and oxygen atoms in total. The Morgan fingerprint density at radius 1 is 1.73 bits per heavy atom. The summed E-state index contributed by atoms with van der Waals surface area (Å²) in [6.07, 6.45) is 2.28. The lowest BCUT2D eigenvalue weighted by Crippen LogP contribution is -2.32. The Kier molecular flexibility index (Phi) is 4.16. The van der Waals surface area contributed by atoms with Gasteiger partial charge in [0.15, 0.2) is 0 Å². The van der Waals surface area contributed by atoms with Crippen LogP contribution in [0.2, 0.25) is 0 Å². The summed E-state index contributed by atoms with van der Waals surface area (Å²) in [5.41, 5.74) is 5.51. The first-order chi connectivity index (χ1) is 7.00. The van der Waals surface area contributed by atoms with Gasteiger partial charge < -0.3 is 5.73 Å². The van der Waals surface area contributed by atoms with Crippen LogP contribution in [0.3, 0.4) is 0 Å². The second-order valence-electron chi connectivity index (χ2n) is 3.73. The molecule has 0 aliphatic heterocycles. The van der Waals surface area contributed by atoms with E-state index in [4.69, 9.17) is 18.0 Å². The van der Waals surface area contributed by atoms with Crippen LogP contribution in [0, 0.1) is 0 Å². The minimum Gasteiger partial charge on any atom is -0.393 e. The number of aryl methyl sites for hydroxylation is 1. The van der Waals surface area contributed by atoms with Crippen LogP contribution in [-0.2, 0) is 13.6 Å². The molecule has 0 aromatic carbocycles. The van der Waals surface area contributed by atoms with Crippen molar-refractivity contribution in [1.82, 2.24) is 19.7 Å². The third-order valence-electron chi connectivity index (χ3n) is 2.45. The summed E-state index contributed by atoms with van der Waals surface area (Å²) in [7, 11) is 3.91. The zero-order valence-electron chi connectivity index (χ0n) is 9.34. The summed E-state index contributed by atoms with van der Waals surface area (Å²) in [6.45, 7) is 2.84. The first-order valence-corrected chi connectivity index (χ1v) is 5.23. The highest BCUT2D eigenvalue weighted by Crippen LogP contribution is 2.05. The van der Waals surface area contributed by atoms with Crippen LogP contribution < -0.4 is 5.73 Å². The Hall–Kier alpha value is -1.01. The summed E-state index contributed by atoms with van der Waals surface area (Å²) in [5, 5.41) is 4.02. The third kappa shape index (κ3) is 3.56. The van der Waals surface area contributed by atoms with E-state index in [2.05, 4.69) is 21.9 Å². The highest BCUT2D eigenvalue weighted by atomic mass is 32.1. The zero-order chi connectivity index (χ0) is 11.4. The van der Waals surface area contributed by atoms with Crippen molar-refractivity contribution in [2.45, 2.75) is 25.9 Å². The van der Waals surface area contributed by atoms with Crippen molar-refractivity contribution < 1.29 is 0 Å². The van der Waals surface area contributed by atoms with Gasteiger partial charge in [0.2, 0.25) is 0 Å². The van der Waals surface area contributed by atoms with Gasteiger partial charge >= 0.3 is 0 Å². The molecule has 0 bridgehead atoms. The molecule has 0 radical (unpaired) electrons. The maximum atomic E-state index is 5.51. The molecule has 1 atom stereocenters. The van der Waals surface area contributed by atoms with Crippen molar-refractivity contribution in [2.24, 2.45) is 12.8 Å². The van der Waals surface area contributed by atoms with E-state index < -0.39 is 0 Å². The number of thiocarbonyl (C=S) groups is 1. The number of aromatic nitrogens is 3. The fourth-order valence-electron chi connectivity index (χ4n) is 1.29. The SMILES string of the molecule is CC(CC(N)=S)N(C)Cc1ncnn1C. The van der Waals surface area contributed by atoms with Gasteiger partial charge in [-0.25, -0.2) is 4.98 Å². The second kappa shape index (κ2) is 5.18. The molecule has 84 valence electrons. The molecule has 0 fully saturated rings. The summed E-state index contributed by atoms with van der Waals surface area (Å²) in [4.78, 5) is 6.87. The van der Waals surface area contributed by atoms with Crippen LogP contribution in [0.4, 0.5) is 0 Å². The van der Waals surface area contributed by atoms with Gasteiger partial charge in [0.1, 0.15) is 12.2 Å². The van der Waals surface area contributed by atoms with Crippen molar-refractivity contribution in [3.05, 3.63) is 12.2 Å². The van der Waals surface area contributed by atoms with Gasteiger partial charge in [-0.3, -0.25) is 9.58 Å². The fraction of sp³-hybridized carbons (Fsp3) is 0.667. The predicted molar refractivity (Wildman–Crippen MR) is 63.3 cm³/mol. The van der Waals surface area contributed by atoms with Crippen molar-refractivity contribution >= 4 is 17.2 Å². The molecular formula is C9H17N5S. The predicted octanol–water partition coefficient (Wildman–Crippen LogP) is 0.312. The maximum absolute atomic E-state index is 5.51. The highest BCUT2D eigenvalue weighted by Gasteiger charge is 2.12. The molecule has 0 spiro atoms. The Balaban J connectivity index is 2.52. The number of hydrogen-bond acceptors (Lipinski definition) is 4. The van der Waals surface area contributed by atoms with Gasteiger partial charge in [-0.05, 0) is 14.0 Å². The molecule has 1 aromatic rings. The molecule has 6 heteroatoms. The minimum atomic E-state index is 0.319. The first-order valence-electron chi connectivity index (χ1n) is 4.82.